The largest absolute Gasteiger partial charge is 0.493 e. The summed E-state index contributed by atoms with van der Waals surface area (Å²) in [6.07, 6.45) is -0.534. The van der Waals surface area contributed by atoms with Crippen LogP contribution >= 0.6 is 0 Å². The van der Waals surface area contributed by atoms with Crippen LogP contribution in [0.1, 0.15) is 54.3 Å². The second-order valence-electron chi connectivity index (χ2n) is 11.1. The Morgan fingerprint density at radius 3 is 2.17 bits per heavy atom. The van der Waals surface area contributed by atoms with Gasteiger partial charge in [-0.25, -0.2) is 4.79 Å². The topological polar surface area (TPSA) is 203 Å². The molecule has 16 nitrogen and oxygen atoms in total. The maximum atomic E-state index is 13.1. The van der Waals surface area contributed by atoms with Crippen molar-refractivity contribution in [2.24, 2.45) is 10.2 Å². The number of piperidine rings is 1. The summed E-state index contributed by atoms with van der Waals surface area (Å²) >= 11 is 0. The summed E-state index contributed by atoms with van der Waals surface area (Å²) in [6, 6.07) is 6.22. The zero-order valence-electron chi connectivity index (χ0n) is 25.9. The Kier molecular flexibility index (Phi) is 10.2. The quantitative estimate of drug-likeness (QED) is 0.186. The van der Waals surface area contributed by atoms with E-state index in [1.165, 1.54) is 44.6 Å². The smallest absolute Gasteiger partial charge is 0.407 e. The molecule has 2 aliphatic rings. The molecule has 244 valence electrons. The number of rotatable bonds is 11. The van der Waals surface area contributed by atoms with Crippen molar-refractivity contribution in [1.82, 2.24) is 20.9 Å². The number of ether oxygens (including phenoxy) is 4. The van der Waals surface area contributed by atoms with Gasteiger partial charge in [-0.1, -0.05) is 0 Å². The fourth-order valence-corrected chi connectivity index (χ4v) is 4.57. The first kappa shape index (κ1) is 33.4. The number of hydrogen-bond donors (Lipinski definition) is 3. The minimum absolute atomic E-state index is 0.0162. The molecule has 16 heteroatoms. The summed E-state index contributed by atoms with van der Waals surface area (Å²) in [6.45, 7) is 5.15. The van der Waals surface area contributed by atoms with Gasteiger partial charge in [0.05, 0.1) is 36.7 Å². The van der Waals surface area contributed by atoms with Gasteiger partial charge in [-0.2, -0.15) is 10.2 Å². The number of hydrogen-bond acceptors (Lipinski definition) is 12. The molecular weight excluding hydrogens is 604 g/mol. The highest BCUT2D eigenvalue weighted by Crippen LogP contribution is 2.41. The third-order valence-corrected chi connectivity index (χ3v) is 6.61. The third-order valence-electron chi connectivity index (χ3n) is 6.61. The van der Waals surface area contributed by atoms with Gasteiger partial charge in [-0.05, 0) is 45.4 Å². The Morgan fingerprint density at radius 1 is 0.913 bits per heavy atom. The van der Waals surface area contributed by atoms with Crippen LogP contribution in [0.4, 0.5) is 16.2 Å². The normalized spacial score (nSPS) is 16.2. The maximum Gasteiger partial charge on any atom is 0.407 e. The number of imide groups is 2. The highest BCUT2D eigenvalue weighted by atomic mass is 16.6. The van der Waals surface area contributed by atoms with Crippen LogP contribution in [0.3, 0.4) is 0 Å². The van der Waals surface area contributed by atoms with Crippen molar-refractivity contribution in [3.8, 4) is 17.2 Å². The fraction of sp³-hybridized carbons (Fsp3) is 0.400. The van der Waals surface area contributed by atoms with Crippen LogP contribution < -0.4 is 30.2 Å². The molecule has 2 heterocycles. The Labute approximate surface area is 263 Å². The summed E-state index contributed by atoms with van der Waals surface area (Å²) in [5.74, 6) is -2.38. The molecule has 1 unspecified atom stereocenters. The van der Waals surface area contributed by atoms with E-state index >= 15 is 0 Å². The molecular formula is C30H34N6O10. The fourth-order valence-electron chi connectivity index (χ4n) is 4.57. The molecule has 4 rings (SSSR count). The van der Waals surface area contributed by atoms with Gasteiger partial charge < -0.3 is 29.6 Å². The first-order chi connectivity index (χ1) is 21.8. The van der Waals surface area contributed by atoms with Crippen molar-refractivity contribution in [2.45, 2.75) is 45.3 Å². The van der Waals surface area contributed by atoms with E-state index in [0.29, 0.717) is 0 Å². The molecule has 46 heavy (non-hydrogen) atoms. The molecule has 0 spiro atoms. The molecule has 3 N–H and O–H groups in total. The van der Waals surface area contributed by atoms with E-state index in [4.69, 9.17) is 18.9 Å². The molecule has 2 aliphatic heterocycles. The van der Waals surface area contributed by atoms with E-state index in [0.717, 1.165) is 4.90 Å². The number of alkyl carbamates (subject to hydrolysis) is 1. The first-order valence-electron chi connectivity index (χ1n) is 14.2. The van der Waals surface area contributed by atoms with Crippen molar-refractivity contribution in [3.63, 3.8) is 0 Å². The van der Waals surface area contributed by atoms with Gasteiger partial charge in [0.15, 0.2) is 18.1 Å². The summed E-state index contributed by atoms with van der Waals surface area (Å²) < 4.78 is 21.6. The number of amides is 6. The number of fused-ring (bicyclic) bond motifs is 1. The molecule has 1 fully saturated rings. The zero-order valence-corrected chi connectivity index (χ0v) is 25.9. The van der Waals surface area contributed by atoms with Crippen LogP contribution in [0.25, 0.3) is 0 Å². The predicted octanol–water partition coefficient (Wildman–Crippen LogP) is 2.54. The van der Waals surface area contributed by atoms with Crippen molar-refractivity contribution in [3.05, 3.63) is 41.5 Å². The molecule has 0 aromatic heterocycles. The Hall–Kier alpha value is -5.54. The molecule has 0 aliphatic carbocycles. The summed E-state index contributed by atoms with van der Waals surface area (Å²) in [5, 5.41) is 15.7. The lowest BCUT2D eigenvalue weighted by Crippen LogP contribution is -2.54. The average Bonchev–Trinajstić information content (AvgIpc) is 3.24. The molecule has 0 radical (unpaired) electrons. The van der Waals surface area contributed by atoms with Gasteiger partial charge in [0, 0.05) is 31.6 Å². The molecule has 0 bridgehead atoms. The highest BCUT2D eigenvalue weighted by molar-refractivity contribution is 6.23. The van der Waals surface area contributed by atoms with Crippen LogP contribution in [0.5, 0.6) is 17.2 Å². The van der Waals surface area contributed by atoms with Crippen molar-refractivity contribution >= 4 is 47.0 Å². The number of azo groups is 1. The van der Waals surface area contributed by atoms with Crippen LogP contribution in [0.2, 0.25) is 0 Å². The first-order valence-corrected chi connectivity index (χ1v) is 14.2. The number of nitrogens with zero attached hydrogens (tertiary/aromatic N) is 3. The van der Waals surface area contributed by atoms with E-state index in [9.17, 15) is 28.8 Å². The minimum Gasteiger partial charge on any atom is -0.493 e. The lowest BCUT2D eigenvalue weighted by Gasteiger charge is -2.27. The lowest BCUT2D eigenvalue weighted by atomic mass is 10.0. The highest BCUT2D eigenvalue weighted by Gasteiger charge is 2.44. The minimum atomic E-state index is -1.08. The second kappa shape index (κ2) is 14.0. The van der Waals surface area contributed by atoms with Gasteiger partial charge in [0.1, 0.15) is 11.6 Å². The average molecular weight is 639 g/mol. The summed E-state index contributed by atoms with van der Waals surface area (Å²) in [4.78, 5) is 74.7. The number of benzene rings is 2. The van der Waals surface area contributed by atoms with Crippen LogP contribution in [-0.2, 0) is 19.1 Å². The Bertz CT molecular complexity index is 1570. The van der Waals surface area contributed by atoms with E-state index in [1.54, 1.807) is 20.8 Å². The van der Waals surface area contributed by atoms with E-state index in [-0.39, 0.29) is 72.3 Å². The summed E-state index contributed by atoms with van der Waals surface area (Å²) in [5.41, 5.74) is 0.0715. The molecule has 6 amide bonds. The summed E-state index contributed by atoms with van der Waals surface area (Å²) in [7, 11) is 2.78. The predicted molar refractivity (Wildman–Crippen MR) is 160 cm³/mol. The third kappa shape index (κ3) is 7.94. The van der Waals surface area contributed by atoms with Crippen LogP contribution in [0.15, 0.2) is 40.6 Å². The number of methoxy groups -OCH3 is 2. The number of carbonyl (C=O) groups excluding carboxylic acids is 6. The van der Waals surface area contributed by atoms with E-state index in [2.05, 4.69) is 26.2 Å². The monoisotopic (exact) mass is 638 g/mol. The van der Waals surface area contributed by atoms with E-state index in [1.807, 2.05) is 0 Å². The van der Waals surface area contributed by atoms with E-state index < -0.39 is 47.3 Å². The van der Waals surface area contributed by atoms with Crippen molar-refractivity contribution in [2.75, 3.05) is 33.9 Å². The Morgan fingerprint density at radius 2 is 1.54 bits per heavy atom. The standard InChI is InChI=1S/C30H34N6O10/c1-30(2,3)46-29(42)32-11-10-31-24(38)15-45-25-21(43-4)13-17(14-22(25)44-5)35-34-16-6-7-18-19(12-16)28(41)36(27(18)40)20-8-9-23(37)33-26(20)39/h6-7,12-14,20H,8-11,15H2,1-5H3,(H,31,38)(H,32,42)(H,33,37,39)/b35-34+. The zero-order chi connectivity index (χ0) is 33.6. The SMILES string of the molecule is COc1cc(/N=N/c2ccc3c(c2)C(=O)N(C2CCC(=O)NC2=O)C3=O)cc(OC)c1OCC(=O)NCCNC(=O)OC(C)(C)C. The molecule has 2 aromatic rings. The van der Waals surface area contributed by atoms with Gasteiger partial charge in [0.2, 0.25) is 17.6 Å². The molecule has 1 saturated heterocycles. The molecule has 0 saturated carbocycles. The van der Waals surface area contributed by atoms with Crippen molar-refractivity contribution in [1.29, 1.82) is 0 Å². The Balaban J connectivity index is 1.39. The van der Waals surface area contributed by atoms with Gasteiger partial charge in [-0.3, -0.25) is 34.2 Å². The van der Waals surface area contributed by atoms with Crippen LogP contribution in [0, 0.1) is 0 Å². The number of nitrogens with one attached hydrogen (secondary N) is 3. The number of carbonyl (C=O) groups is 6. The van der Waals surface area contributed by atoms with Gasteiger partial charge in [0.25, 0.3) is 17.7 Å². The molecule has 2 aromatic carbocycles. The van der Waals surface area contributed by atoms with Crippen LogP contribution in [-0.4, -0.2) is 86.1 Å². The molecule has 1 atom stereocenters. The van der Waals surface area contributed by atoms with Gasteiger partial charge in [-0.15, -0.1) is 0 Å². The van der Waals surface area contributed by atoms with Gasteiger partial charge >= 0.3 is 6.09 Å². The maximum absolute atomic E-state index is 13.1. The second-order valence-corrected chi connectivity index (χ2v) is 11.1. The lowest BCUT2D eigenvalue weighted by molar-refractivity contribution is -0.136. The van der Waals surface area contributed by atoms with Crippen molar-refractivity contribution < 1.29 is 47.7 Å².